The summed E-state index contributed by atoms with van der Waals surface area (Å²) in [6.07, 6.45) is 3.73. The van der Waals surface area contributed by atoms with Crippen molar-refractivity contribution >= 4 is 11.9 Å². The predicted molar refractivity (Wildman–Crippen MR) is 107 cm³/mol. The SMILES string of the molecule is CC(C)CNC(=O)N1CCCC(CC(=O)N2CCC(N3CCNCC3)C2)C1. The Morgan fingerprint density at radius 3 is 2.56 bits per heavy atom. The number of nitrogens with zero attached hydrogens (tertiary/aromatic N) is 3. The maximum atomic E-state index is 12.8. The molecule has 2 N–H and O–H groups in total. The number of hydrogen-bond donors (Lipinski definition) is 2. The highest BCUT2D eigenvalue weighted by Gasteiger charge is 2.33. The first-order valence-electron chi connectivity index (χ1n) is 10.8. The Hall–Kier alpha value is -1.34. The van der Waals surface area contributed by atoms with Crippen LogP contribution in [-0.4, -0.2) is 91.6 Å². The fourth-order valence-corrected chi connectivity index (χ4v) is 4.51. The van der Waals surface area contributed by atoms with Gasteiger partial charge in [-0.15, -0.1) is 0 Å². The second-order valence-electron chi connectivity index (χ2n) is 8.81. The Kier molecular flexibility index (Phi) is 7.35. The van der Waals surface area contributed by atoms with Gasteiger partial charge in [0.2, 0.25) is 5.91 Å². The first kappa shape index (κ1) is 20.4. The highest BCUT2D eigenvalue weighted by Crippen LogP contribution is 2.23. The minimum atomic E-state index is 0.0285. The third-order valence-electron chi connectivity index (χ3n) is 6.12. The number of piperazine rings is 1. The molecular formula is C20H37N5O2. The van der Waals surface area contributed by atoms with Crippen molar-refractivity contribution < 1.29 is 9.59 Å². The van der Waals surface area contributed by atoms with Crippen LogP contribution in [0, 0.1) is 11.8 Å². The van der Waals surface area contributed by atoms with Gasteiger partial charge in [0, 0.05) is 71.4 Å². The van der Waals surface area contributed by atoms with Crippen LogP contribution in [0.4, 0.5) is 4.79 Å². The summed E-state index contributed by atoms with van der Waals surface area (Å²) in [4.78, 5) is 31.6. The minimum Gasteiger partial charge on any atom is -0.341 e. The number of amides is 3. The lowest BCUT2D eigenvalue weighted by Crippen LogP contribution is -2.49. The monoisotopic (exact) mass is 379 g/mol. The summed E-state index contributed by atoms with van der Waals surface area (Å²) < 4.78 is 0. The third kappa shape index (κ3) is 5.82. The smallest absolute Gasteiger partial charge is 0.317 e. The predicted octanol–water partition coefficient (Wildman–Crippen LogP) is 0.960. The lowest BCUT2D eigenvalue weighted by atomic mass is 9.94. The van der Waals surface area contributed by atoms with Crippen LogP contribution in [0.15, 0.2) is 0 Å². The van der Waals surface area contributed by atoms with Crippen LogP contribution in [0.25, 0.3) is 0 Å². The summed E-state index contributed by atoms with van der Waals surface area (Å²) in [7, 11) is 0. The van der Waals surface area contributed by atoms with E-state index in [2.05, 4.69) is 34.3 Å². The van der Waals surface area contributed by atoms with E-state index in [0.29, 0.717) is 37.4 Å². The summed E-state index contributed by atoms with van der Waals surface area (Å²) in [5, 5.41) is 6.40. The maximum Gasteiger partial charge on any atom is 0.317 e. The molecule has 0 aromatic heterocycles. The molecule has 3 saturated heterocycles. The Balaban J connectivity index is 1.43. The van der Waals surface area contributed by atoms with E-state index in [9.17, 15) is 9.59 Å². The van der Waals surface area contributed by atoms with E-state index < -0.39 is 0 Å². The van der Waals surface area contributed by atoms with Crippen LogP contribution in [0.1, 0.15) is 39.5 Å². The quantitative estimate of drug-likeness (QED) is 0.747. The molecular weight excluding hydrogens is 342 g/mol. The summed E-state index contributed by atoms with van der Waals surface area (Å²) in [6.45, 7) is 12.5. The van der Waals surface area contributed by atoms with Gasteiger partial charge in [0.05, 0.1) is 0 Å². The second-order valence-corrected chi connectivity index (χ2v) is 8.81. The molecule has 0 bridgehead atoms. The molecule has 0 aromatic carbocycles. The molecule has 3 amide bonds. The van der Waals surface area contributed by atoms with Gasteiger partial charge >= 0.3 is 6.03 Å². The Morgan fingerprint density at radius 1 is 1.04 bits per heavy atom. The number of hydrogen-bond acceptors (Lipinski definition) is 4. The number of piperidine rings is 1. The zero-order valence-corrected chi connectivity index (χ0v) is 17.1. The molecule has 3 fully saturated rings. The largest absolute Gasteiger partial charge is 0.341 e. The van der Waals surface area contributed by atoms with Crippen molar-refractivity contribution in [1.82, 2.24) is 25.3 Å². The van der Waals surface area contributed by atoms with Crippen LogP contribution >= 0.6 is 0 Å². The van der Waals surface area contributed by atoms with Crippen molar-refractivity contribution in [2.24, 2.45) is 11.8 Å². The molecule has 3 heterocycles. The number of carbonyl (C=O) groups is 2. The summed E-state index contributed by atoms with van der Waals surface area (Å²) in [5.41, 5.74) is 0. The van der Waals surface area contributed by atoms with Gasteiger partial charge in [-0.1, -0.05) is 13.8 Å². The highest BCUT2D eigenvalue weighted by molar-refractivity contribution is 5.77. The molecule has 0 aromatic rings. The summed E-state index contributed by atoms with van der Waals surface area (Å²) >= 11 is 0. The third-order valence-corrected chi connectivity index (χ3v) is 6.12. The first-order valence-corrected chi connectivity index (χ1v) is 10.8. The average molecular weight is 380 g/mol. The molecule has 2 atom stereocenters. The van der Waals surface area contributed by atoms with Gasteiger partial charge in [-0.3, -0.25) is 9.69 Å². The van der Waals surface area contributed by atoms with E-state index in [1.165, 1.54) is 0 Å². The number of likely N-dealkylation sites (tertiary alicyclic amines) is 2. The van der Waals surface area contributed by atoms with Gasteiger partial charge in [-0.25, -0.2) is 4.79 Å². The zero-order chi connectivity index (χ0) is 19.2. The van der Waals surface area contributed by atoms with E-state index in [1.807, 2.05) is 4.90 Å². The van der Waals surface area contributed by atoms with Gasteiger partial charge in [0.25, 0.3) is 0 Å². The molecule has 0 spiro atoms. The topological polar surface area (TPSA) is 67.9 Å². The van der Waals surface area contributed by atoms with E-state index in [-0.39, 0.29) is 11.9 Å². The highest BCUT2D eigenvalue weighted by atomic mass is 16.2. The van der Waals surface area contributed by atoms with Crippen molar-refractivity contribution in [2.45, 2.75) is 45.6 Å². The van der Waals surface area contributed by atoms with Crippen LogP contribution < -0.4 is 10.6 Å². The van der Waals surface area contributed by atoms with E-state index in [1.54, 1.807) is 0 Å². The second kappa shape index (κ2) is 9.73. The molecule has 27 heavy (non-hydrogen) atoms. The summed E-state index contributed by atoms with van der Waals surface area (Å²) in [6, 6.07) is 0.557. The zero-order valence-electron chi connectivity index (χ0n) is 17.1. The van der Waals surface area contributed by atoms with Crippen molar-refractivity contribution in [1.29, 1.82) is 0 Å². The van der Waals surface area contributed by atoms with Crippen molar-refractivity contribution in [3.8, 4) is 0 Å². The molecule has 7 nitrogen and oxygen atoms in total. The Labute approximate surface area is 163 Å². The standard InChI is InChI=1S/C20H37N5O2/c1-16(2)13-22-20(27)25-8-3-4-17(14-25)12-19(26)24-9-5-18(15-24)23-10-6-21-7-11-23/h16-18,21H,3-15H2,1-2H3,(H,22,27). The minimum absolute atomic E-state index is 0.0285. The molecule has 7 heteroatoms. The normalized spacial score (nSPS) is 27.2. The van der Waals surface area contributed by atoms with Gasteiger partial charge < -0.3 is 20.4 Å². The number of urea groups is 1. The maximum absolute atomic E-state index is 12.8. The molecule has 0 radical (unpaired) electrons. The fourth-order valence-electron chi connectivity index (χ4n) is 4.51. The Morgan fingerprint density at radius 2 is 1.81 bits per heavy atom. The molecule has 2 unspecified atom stereocenters. The van der Waals surface area contributed by atoms with Crippen molar-refractivity contribution in [2.75, 3.05) is 58.9 Å². The number of carbonyl (C=O) groups excluding carboxylic acids is 2. The fraction of sp³-hybridized carbons (Fsp3) is 0.900. The lowest BCUT2D eigenvalue weighted by Gasteiger charge is -2.34. The van der Waals surface area contributed by atoms with Gasteiger partial charge in [0.1, 0.15) is 0 Å². The van der Waals surface area contributed by atoms with E-state index >= 15 is 0 Å². The van der Waals surface area contributed by atoms with Crippen LogP contribution in [-0.2, 0) is 4.79 Å². The molecule has 3 rings (SSSR count). The Bertz CT molecular complexity index is 507. The van der Waals surface area contributed by atoms with Crippen molar-refractivity contribution in [3.05, 3.63) is 0 Å². The van der Waals surface area contributed by atoms with E-state index in [4.69, 9.17) is 0 Å². The summed E-state index contributed by atoms with van der Waals surface area (Å²) in [5.74, 6) is 1.03. The lowest BCUT2D eigenvalue weighted by molar-refractivity contribution is -0.131. The molecule has 0 aliphatic carbocycles. The van der Waals surface area contributed by atoms with Crippen molar-refractivity contribution in [3.63, 3.8) is 0 Å². The average Bonchev–Trinajstić information content (AvgIpc) is 3.17. The van der Waals surface area contributed by atoms with Crippen LogP contribution in [0.3, 0.4) is 0 Å². The van der Waals surface area contributed by atoms with Gasteiger partial charge in [-0.05, 0) is 31.1 Å². The number of nitrogens with one attached hydrogen (secondary N) is 2. The number of rotatable bonds is 5. The van der Waals surface area contributed by atoms with Gasteiger partial charge in [-0.2, -0.15) is 0 Å². The first-order chi connectivity index (χ1) is 13.0. The molecule has 0 saturated carbocycles. The molecule has 3 aliphatic heterocycles. The van der Waals surface area contributed by atoms with Gasteiger partial charge in [0.15, 0.2) is 0 Å². The van der Waals surface area contributed by atoms with E-state index in [0.717, 1.165) is 65.1 Å². The van der Waals surface area contributed by atoms with Crippen LogP contribution in [0.2, 0.25) is 0 Å². The molecule has 154 valence electrons. The van der Waals surface area contributed by atoms with Crippen LogP contribution in [0.5, 0.6) is 0 Å². The molecule has 3 aliphatic rings.